The van der Waals surface area contributed by atoms with Crippen LogP contribution in [0, 0.1) is 5.82 Å². The number of benzene rings is 3. The van der Waals surface area contributed by atoms with Gasteiger partial charge in [0.2, 0.25) is 11.8 Å². The number of nitrogens with zero attached hydrogens (tertiary/aromatic N) is 2. The minimum atomic E-state index is -4.21. The number of thioether (sulfide) groups is 1. The van der Waals surface area contributed by atoms with Crippen LogP contribution >= 0.6 is 11.8 Å². The average Bonchev–Trinajstić information content (AvgIpc) is 2.96. The zero-order chi connectivity index (χ0) is 31.8. The molecule has 8 nitrogen and oxygen atoms in total. The zero-order valence-electron chi connectivity index (χ0n) is 25.5. The molecule has 0 aliphatic heterocycles. The summed E-state index contributed by atoms with van der Waals surface area (Å²) < 4.78 is 48.4. The van der Waals surface area contributed by atoms with Crippen molar-refractivity contribution in [1.29, 1.82) is 0 Å². The first-order valence-corrected chi connectivity index (χ1v) is 16.7. The fraction of sp³-hybridized carbons (Fsp3) is 0.375. The van der Waals surface area contributed by atoms with E-state index in [1.54, 1.807) is 43.3 Å². The molecule has 0 heterocycles. The van der Waals surface area contributed by atoms with Gasteiger partial charge in [-0.15, -0.1) is 11.8 Å². The van der Waals surface area contributed by atoms with E-state index in [0.29, 0.717) is 17.9 Å². The normalized spacial score (nSPS) is 12.3. The van der Waals surface area contributed by atoms with Crippen LogP contribution in [0.2, 0.25) is 0 Å². The number of carbonyl (C=O) groups is 2. The summed E-state index contributed by atoms with van der Waals surface area (Å²) in [5.41, 5.74) is 0.301. The molecule has 2 amide bonds. The van der Waals surface area contributed by atoms with Gasteiger partial charge >= 0.3 is 0 Å². The third kappa shape index (κ3) is 9.21. The number of rotatable bonds is 13. The van der Waals surface area contributed by atoms with E-state index < -0.39 is 39.9 Å². The molecule has 0 aliphatic carbocycles. The molecule has 11 heteroatoms. The highest BCUT2D eigenvalue weighted by molar-refractivity contribution is 7.98. The molecule has 0 saturated carbocycles. The van der Waals surface area contributed by atoms with Crippen LogP contribution in [-0.4, -0.2) is 56.1 Å². The number of nitrogens with one attached hydrogen (secondary N) is 1. The summed E-state index contributed by atoms with van der Waals surface area (Å²) in [4.78, 5) is 29.8. The molecule has 0 saturated heterocycles. The lowest BCUT2D eigenvalue weighted by molar-refractivity contribution is -0.141. The second kappa shape index (κ2) is 14.7. The largest absolute Gasteiger partial charge is 0.494 e. The molecule has 0 spiro atoms. The first-order valence-electron chi connectivity index (χ1n) is 14.0. The maximum absolute atomic E-state index is 14.2. The summed E-state index contributed by atoms with van der Waals surface area (Å²) in [5, 5.41) is 2.93. The van der Waals surface area contributed by atoms with Gasteiger partial charge in [-0.25, -0.2) is 12.8 Å². The van der Waals surface area contributed by atoms with Gasteiger partial charge in [0.05, 0.1) is 17.2 Å². The van der Waals surface area contributed by atoms with E-state index >= 15 is 0 Å². The molecule has 0 aromatic heterocycles. The fourth-order valence-corrected chi connectivity index (χ4v) is 6.26. The van der Waals surface area contributed by atoms with Gasteiger partial charge in [-0.05, 0) is 107 Å². The molecule has 0 fully saturated rings. The molecule has 1 N–H and O–H groups in total. The Kier molecular flexibility index (Phi) is 11.6. The number of amides is 2. The van der Waals surface area contributed by atoms with Crippen LogP contribution in [-0.2, 0) is 26.2 Å². The van der Waals surface area contributed by atoms with Gasteiger partial charge in [-0.2, -0.15) is 0 Å². The Hall–Kier alpha value is -3.57. The van der Waals surface area contributed by atoms with Crippen molar-refractivity contribution in [1.82, 2.24) is 10.2 Å². The highest BCUT2D eigenvalue weighted by atomic mass is 32.2. The second-order valence-corrected chi connectivity index (χ2v) is 13.7. The fourth-order valence-electron chi connectivity index (χ4n) is 4.44. The van der Waals surface area contributed by atoms with Crippen LogP contribution in [0.5, 0.6) is 5.75 Å². The van der Waals surface area contributed by atoms with Gasteiger partial charge in [0.1, 0.15) is 24.2 Å². The highest BCUT2D eigenvalue weighted by Gasteiger charge is 2.34. The molecule has 232 valence electrons. The van der Waals surface area contributed by atoms with Crippen molar-refractivity contribution < 1.29 is 27.1 Å². The van der Waals surface area contributed by atoms with Crippen molar-refractivity contribution >= 4 is 39.3 Å². The smallest absolute Gasteiger partial charge is 0.264 e. The number of ether oxygens (including phenoxy) is 1. The summed E-state index contributed by atoms with van der Waals surface area (Å²) in [5.74, 6) is -0.825. The molecule has 1 atom stereocenters. The highest BCUT2D eigenvalue weighted by Crippen LogP contribution is 2.28. The number of anilines is 1. The minimum Gasteiger partial charge on any atom is -0.494 e. The van der Waals surface area contributed by atoms with Gasteiger partial charge in [0.25, 0.3) is 10.0 Å². The van der Waals surface area contributed by atoms with Crippen LogP contribution in [0.4, 0.5) is 10.1 Å². The Balaban J connectivity index is 2.07. The van der Waals surface area contributed by atoms with Crippen molar-refractivity contribution in [2.75, 3.05) is 23.7 Å². The zero-order valence-corrected chi connectivity index (χ0v) is 27.1. The quantitative estimate of drug-likeness (QED) is 0.238. The van der Waals surface area contributed by atoms with E-state index in [1.807, 2.05) is 34.0 Å². The summed E-state index contributed by atoms with van der Waals surface area (Å²) in [6, 6.07) is 17.6. The van der Waals surface area contributed by atoms with E-state index in [1.165, 1.54) is 53.1 Å². The van der Waals surface area contributed by atoms with Crippen LogP contribution in [0.3, 0.4) is 0 Å². The summed E-state index contributed by atoms with van der Waals surface area (Å²) in [6.45, 7) is 9.00. The Bertz CT molecular complexity index is 1470. The summed E-state index contributed by atoms with van der Waals surface area (Å²) in [6.07, 6.45) is 2.17. The van der Waals surface area contributed by atoms with E-state index in [-0.39, 0.29) is 29.5 Å². The predicted molar refractivity (Wildman–Crippen MR) is 169 cm³/mol. The number of carbonyl (C=O) groups excluding carboxylic acids is 2. The molecular formula is C32H40FN3O5S2. The lowest BCUT2D eigenvalue weighted by atomic mass is 10.1. The Morgan fingerprint density at radius 3 is 2.07 bits per heavy atom. The third-order valence-corrected chi connectivity index (χ3v) is 9.04. The number of hydrogen-bond acceptors (Lipinski definition) is 6. The van der Waals surface area contributed by atoms with Gasteiger partial charge in [0, 0.05) is 17.0 Å². The minimum absolute atomic E-state index is 0.0191. The second-order valence-electron chi connectivity index (χ2n) is 10.9. The third-order valence-electron chi connectivity index (χ3n) is 6.51. The van der Waals surface area contributed by atoms with Crippen molar-refractivity contribution in [3.05, 3.63) is 84.2 Å². The maximum Gasteiger partial charge on any atom is 0.264 e. The molecule has 0 bridgehead atoms. The van der Waals surface area contributed by atoms with Crippen molar-refractivity contribution in [3.8, 4) is 5.75 Å². The SMILES string of the molecule is CCOc1ccc(N(CC(=O)N(Cc2ccc(F)cc2)[C@@H](CC)C(=O)NC(C)(C)C)S(=O)(=O)c2ccc(SC)cc2)cc1. The molecule has 3 rings (SSSR count). The first-order chi connectivity index (χ1) is 20.3. The van der Waals surface area contributed by atoms with E-state index in [2.05, 4.69) is 5.32 Å². The van der Waals surface area contributed by atoms with Crippen LogP contribution < -0.4 is 14.4 Å². The van der Waals surface area contributed by atoms with Gasteiger partial charge in [-0.3, -0.25) is 13.9 Å². The van der Waals surface area contributed by atoms with Crippen LogP contribution in [0.1, 0.15) is 46.6 Å². The lowest BCUT2D eigenvalue weighted by Crippen LogP contribution is -2.55. The molecule has 0 unspecified atom stereocenters. The van der Waals surface area contributed by atoms with Gasteiger partial charge in [0.15, 0.2) is 0 Å². The van der Waals surface area contributed by atoms with E-state index in [4.69, 9.17) is 4.74 Å². The summed E-state index contributed by atoms with van der Waals surface area (Å²) in [7, 11) is -4.21. The molecule has 0 radical (unpaired) electrons. The Labute approximate surface area is 258 Å². The molecular weight excluding hydrogens is 590 g/mol. The molecule has 3 aromatic rings. The van der Waals surface area contributed by atoms with E-state index in [9.17, 15) is 22.4 Å². The lowest BCUT2D eigenvalue weighted by Gasteiger charge is -2.34. The van der Waals surface area contributed by atoms with Crippen molar-refractivity contribution in [2.24, 2.45) is 0 Å². The van der Waals surface area contributed by atoms with Crippen LogP contribution in [0.15, 0.2) is 82.6 Å². The van der Waals surface area contributed by atoms with Crippen LogP contribution in [0.25, 0.3) is 0 Å². The standard InChI is InChI=1S/C32H40FN3O5S2/c1-7-29(31(38)34-32(3,4)5)35(21-23-9-11-24(33)12-10-23)30(37)22-36(25-13-15-26(16-14-25)41-8-2)43(39,40)28-19-17-27(42-6)18-20-28/h9-20,29H,7-8,21-22H2,1-6H3,(H,34,38)/t29-/m0/s1. The number of halogens is 1. The average molecular weight is 630 g/mol. The topological polar surface area (TPSA) is 96.0 Å². The molecule has 0 aliphatic rings. The molecule has 3 aromatic carbocycles. The Morgan fingerprint density at radius 1 is 0.953 bits per heavy atom. The van der Waals surface area contributed by atoms with Gasteiger partial charge in [-0.1, -0.05) is 19.1 Å². The predicted octanol–water partition coefficient (Wildman–Crippen LogP) is 5.86. The molecule has 43 heavy (non-hydrogen) atoms. The number of hydrogen-bond donors (Lipinski definition) is 1. The number of sulfonamides is 1. The van der Waals surface area contributed by atoms with Gasteiger partial charge < -0.3 is 15.0 Å². The van der Waals surface area contributed by atoms with Crippen molar-refractivity contribution in [3.63, 3.8) is 0 Å². The summed E-state index contributed by atoms with van der Waals surface area (Å²) >= 11 is 1.48. The first kappa shape index (κ1) is 33.9. The monoisotopic (exact) mass is 629 g/mol. The maximum atomic E-state index is 14.2. The van der Waals surface area contributed by atoms with E-state index in [0.717, 1.165) is 9.20 Å². The Morgan fingerprint density at radius 2 is 1.56 bits per heavy atom. The van der Waals surface area contributed by atoms with Crippen molar-refractivity contribution in [2.45, 2.75) is 69.0 Å².